The SMILES string of the molecule is CCC(NC(CC(C)C)=S(=O)=O)c1nc(-c2cc3c(Nc4ccc(OCc5cccc(F)c5)c(Cl)c4)ncnc3cc2F)cs1. The Kier molecular flexibility index (Phi) is 10.4. The van der Waals surface area contributed by atoms with Gasteiger partial charge in [0, 0.05) is 28.1 Å². The number of halogens is 3. The van der Waals surface area contributed by atoms with Gasteiger partial charge in [-0.3, -0.25) is 5.32 Å². The van der Waals surface area contributed by atoms with Crippen LogP contribution in [0.25, 0.3) is 22.2 Å². The second-order valence-electron chi connectivity index (χ2n) is 10.7. The second kappa shape index (κ2) is 14.4. The number of aromatic nitrogens is 3. The van der Waals surface area contributed by atoms with E-state index in [1.165, 1.54) is 35.9 Å². The van der Waals surface area contributed by atoms with E-state index < -0.39 is 16.1 Å². The van der Waals surface area contributed by atoms with Crippen LogP contribution in [0.15, 0.2) is 66.3 Å². The number of hydrogen-bond acceptors (Lipinski definition) is 8. The molecule has 0 bridgehead atoms. The van der Waals surface area contributed by atoms with E-state index >= 15 is 4.39 Å². The molecule has 2 heterocycles. The highest BCUT2D eigenvalue weighted by Crippen LogP contribution is 2.35. The summed E-state index contributed by atoms with van der Waals surface area (Å²) in [5, 5.41) is 9.64. The first-order valence-electron chi connectivity index (χ1n) is 14.2. The number of nitrogens with zero attached hydrogens (tertiary/aromatic N) is 3. The molecule has 0 aliphatic carbocycles. The Labute approximate surface area is 270 Å². The highest BCUT2D eigenvalue weighted by Gasteiger charge is 2.20. The molecule has 0 aliphatic rings. The van der Waals surface area contributed by atoms with E-state index in [9.17, 15) is 12.8 Å². The van der Waals surface area contributed by atoms with Gasteiger partial charge in [0.25, 0.3) is 0 Å². The highest BCUT2D eigenvalue weighted by molar-refractivity contribution is 7.72. The van der Waals surface area contributed by atoms with Crippen molar-refractivity contribution < 1.29 is 21.9 Å². The summed E-state index contributed by atoms with van der Waals surface area (Å²) >= 11 is 7.81. The van der Waals surface area contributed by atoms with Crippen LogP contribution in [-0.2, 0) is 16.9 Å². The first-order chi connectivity index (χ1) is 21.6. The number of fused-ring (bicyclic) bond motifs is 1. The minimum atomic E-state index is -2.38. The fourth-order valence-corrected chi connectivity index (χ4v) is 6.54. The van der Waals surface area contributed by atoms with Gasteiger partial charge in [-0.25, -0.2) is 23.7 Å². The van der Waals surface area contributed by atoms with Crippen molar-refractivity contribution in [2.24, 2.45) is 5.92 Å². The van der Waals surface area contributed by atoms with Crippen molar-refractivity contribution in [3.05, 3.63) is 93.5 Å². The summed E-state index contributed by atoms with van der Waals surface area (Å²) in [5.74, 6) is 0.169. The molecule has 8 nitrogen and oxygen atoms in total. The Hall–Kier alpha value is -3.97. The molecule has 2 N–H and O–H groups in total. The van der Waals surface area contributed by atoms with E-state index in [0.29, 0.717) is 62.3 Å². The maximum absolute atomic E-state index is 15.4. The number of ether oxygens (including phenoxy) is 1. The van der Waals surface area contributed by atoms with E-state index in [4.69, 9.17) is 16.3 Å². The van der Waals surface area contributed by atoms with E-state index in [2.05, 4.69) is 25.6 Å². The van der Waals surface area contributed by atoms with Gasteiger partial charge in [-0.2, -0.15) is 8.42 Å². The quantitative estimate of drug-likeness (QED) is 0.136. The van der Waals surface area contributed by atoms with E-state index in [-0.39, 0.29) is 34.9 Å². The molecule has 0 saturated carbocycles. The van der Waals surface area contributed by atoms with Crippen LogP contribution in [-0.4, -0.2) is 28.4 Å². The maximum atomic E-state index is 15.4. The molecule has 0 saturated heterocycles. The van der Waals surface area contributed by atoms with Crippen molar-refractivity contribution in [3.63, 3.8) is 0 Å². The summed E-state index contributed by atoms with van der Waals surface area (Å²) in [4.78, 5) is 13.5. The topological polar surface area (TPSA) is 106 Å². The van der Waals surface area contributed by atoms with Crippen molar-refractivity contribution in [2.45, 2.75) is 46.3 Å². The molecule has 0 fully saturated rings. The number of thiazole rings is 1. The van der Waals surface area contributed by atoms with Crippen LogP contribution in [0.4, 0.5) is 20.3 Å². The van der Waals surface area contributed by atoms with Crippen LogP contribution in [0.3, 0.4) is 0 Å². The first-order valence-corrected chi connectivity index (χ1v) is 16.5. The molecule has 5 aromatic rings. The Morgan fingerprint density at radius 2 is 1.91 bits per heavy atom. The number of rotatable bonds is 11. The van der Waals surface area contributed by atoms with Gasteiger partial charge in [0.05, 0.1) is 22.3 Å². The Morgan fingerprint density at radius 1 is 1.09 bits per heavy atom. The van der Waals surface area contributed by atoms with Gasteiger partial charge in [-0.15, -0.1) is 11.3 Å². The van der Waals surface area contributed by atoms with Crippen LogP contribution >= 0.6 is 22.9 Å². The lowest BCUT2D eigenvalue weighted by atomic mass is 10.1. The van der Waals surface area contributed by atoms with Crippen molar-refractivity contribution in [3.8, 4) is 17.0 Å². The molecule has 13 heteroatoms. The number of anilines is 2. The molecule has 0 radical (unpaired) electrons. The standard InChI is InChI=1S/C32H30ClF2N5O3S2/c1-4-26(39-30(45(41)42)10-18(2)3)32-40-28(16-44-32)22-13-23-27(14-25(22)35)36-17-37-31(23)38-21-8-9-29(24(33)12-21)43-15-19-6-5-7-20(34)11-19/h5-9,11-14,16-18,26,39H,4,10,15H2,1-3H3,(H,36,37,38). The minimum absolute atomic E-state index is 0.151. The Balaban J connectivity index is 1.38. The summed E-state index contributed by atoms with van der Waals surface area (Å²) in [6.07, 6.45) is 2.31. The van der Waals surface area contributed by atoms with Crippen LogP contribution in [0.5, 0.6) is 5.75 Å². The zero-order valence-electron chi connectivity index (χ0n) is 24.6. The lowest BCUT2D eigenvalue weighted by molar-refractivity contribution is 0.306. The molecular weight excluding hydrogens is 640 g/mol. The predicted octanol–water partition coefficient (Wildman–Crippen LogP) is 8.10. The minimum Gasteiger partial charge on any atom is -0.487 e. The molecule has 234 valence electrons. The third-order valence-electron chi connectivity index (χ3n) is 6.84. The summed E-state index contributed by atoms with van der Waals surface area (Å²) in [6, 6.07) is 13.9. The highest BCUT2D eigenvalue weighted by atomic mass is 35.5. The van der Waals surface area contributed by atoms with E-state index in [0.717, 1.165) is 0 Å². The summed E-state index contributed by atoms with van der Waals surface area (Å²) in [7, 11) is -2.38. The average Bonchev–Trinajstić information content (AvgIpc) is 3.48. The molecule has 1 atom stereocenters. The Bertz CT molecular complexity index is 1980. The van der Waals surface area contributed by atoms with E-state index in [1.54, 1.807) is 41.8 Å². The molecular formula is C32H30ClF2N5O3S2. The van der Waals surface area contributed by atoms with Crippen molar-refractivity contribution in [1.82, 2.24) is 20.3 Å². The fourth-order valence-electron chi connectivity index (χ4n) is 4.64. The molecule has 2 aromatic heterocycles. The molecule has 0 aliphatic heterocycles. The molecule has 5 rings (SSSR count). The third-order valence-corrected chi connectivity index (χ3v) is 8.78. The molecule has 0 spiro atoms. The van der Waals surface area contributed by atoms with Crippen molar-refractivity contribution in [2.75, 3.05) is 5.32 Å². The van der Waals surface area contributed by atoms with Crippen LogP contribution in [0, 0.1) is 17.6 Å². The Morgan fingerprint density at radius 3 is 2.62 bits per heavy atom. The normalized spacial score (nSPS) is 12.0. The zero-order valence-corrected chi connectivity index (χ0v) is 27.0. The monoisotopic (exact) mass is 669 g/mol. The molecule has 45 heavy (non-hydrogen) atoms. The van der Waals surface area contributed by atoms with Crippen molar-refractivity contribution >= 4 is 60.6 Å². The average molecular weight is 670 g/mol. The van der Waals surface area contributed by atoms with Gasteiger partial charge >= 0.3 is 0 Å². The van der Waals surface area contributed by atoms with Gasteiger partial charge in [-0.05, 0) is 60.7 Å². The number of hydrogen-bond donors (Lipinski definition) is 2. The first kappa shape index (κ1) is 32.4. The van der Waals surface area contributed by atoms with Gasteiger partial charge in [0.1, 0.15) is 46.1 Å². The number of benzene rings is 3. The third kappa shape index (κ3) is 8.01. The smallest absolute Gasteiger partial charge is 0.228 e. The summed E-state index contributed by atoms with van der Waals surface area (Å²) < 4.78 is 58.2. The van der Waals surface area contributed by atoms with Gasteiger partial charge in [-0.1, -0.05) is 44.5 Å². The van der Waals surface area contributed by atoms with Gasteiger partial charge < -0.3 is 10.1 Å². The molecule has 1 unspecified atom stereocenters. The zero-order chi connectivity index (χ0) is 32.1. The molecule has 0 amide bonds. The second-order valence-corrected chi connectivity index (χ2v) is 13.0. The van der Waals surface area contributed by atoms with Gasteiger partial charge in [0.15, 0.2) is 0 Å². The molecule has 3 aromatic carbocycles. The lowest BCUT2D eigenvalue weighted by Crippen LogP contribution is -2.29. The van der Waals surface area contributed by atoms with Crippen molar-refractivity contribution in [1.29, 1.82) is 0 Å². The summed E-state index contributed by atoms with van der Waals surface area (Å²) in [5.41, 5.74) is 2.35. The lowest BCUT2D eigenvalue weighted by Gasteiger charge is -2.16. The predicted molar refractivity (Wildman–Crippen MR) is 176 cm³/mol. The van der Waals surface area contributed by atoms with Crippen LogP contribution < -0.4 is 15.4 Å². The number of nitrogens with one attached hydrogen (secondary N) is 2. The van der Waals surface area contributed by atoms with Crippen LogP contribution in [0.1, 0.15) is 50.2 Å². The maximum Gasteiger partial charge on any atom is 0.228 e. The largest absolute Gasteiger partial charge is 0.487 e. The summed E-state index contributed by atoms with van der Waals surface area (Å²) in [6.45, 7) is 5.97. The van der Waals surface area contributed by atoms with Crippen LogP contribution in [0.2, 0.25) is 5.02 Å². The van der Waals surface area contributed by atoms with Gasteiger partial charge in [0.2, 0.25) is 10.3 Å². The fraction of sp³-hybridized carbons (Fsp3) is 0.250. The van der Waals surface area contributed by atoms with E-state index in [1.807, 2.05) is 20.8 Å².